The predicted molar refractivity (Wildman–Crippen MR) is 117 cm³/mol. The molecule has 0 saturated heterocycles. The van der Waals surface area contributed by atoms with E-state index in [2.05, 4.69) is 51.7 Å². The standard InChI is InChI=1S/C23H26N6O/c1-14-6-8-18(9-7-14)19-10-11-24-23-22(19)16(3)27-29(23)13-21(30)26-15(2)20-12-25-28(5)17(20)4/h6-12,15H,13H2,1-5H3,(H,26,30). The molecule has 1 atom stereocenters. The quantitative estimate of drug-likeness (QED) is 0.553. The molecule has 4 rings (SSSR count). The second-order valence-electron chi connectivity index (χ2n) is 7.76. The monoisotopic (exact) mass is 402 g/mol. The molecule has 3 heterocycles. The Kier molecular flexibility index (Phi) is 5.11. The second-order valence-corrected chi connectivity index (χ2v) is 7.76. The Morgan fingerprint density at radius 1 is 1.13 bits per heavy atom. The summed E-state index contributed by atoms with van der Waals surface area (Å²) in [6.45, 7) is 8.09. The number of hydrogen-bond donors (Lipinski definition) is 1. The number of hydrogen-bond acceptors (Lipinski definition) is 4. The molecule has 154 valence electrons. The average Bonchev–Trinajstić information content (AvgIpc) is 3.22. The highest BCUT2D eigenvalue weighted by atomic mass is 16.2. The van der Waals surface area contributed by atoms with Crippen molar-refractivity contribution in [2.75, 3.05) is 0 Å². The normalized spacial score (nSPS) is 12.3. The van der Waals surface area contributed by atoms with E-state index >= 15 is 0 Å². The highest BCUT2D eigenvalue weighted by molar-refractivity contribution is 5.95. The van der Waals surface area contributed by atoms with Crippen LogP contribution in [0, 0.1) is 20.8 Å². The third-order valence-electron chi connectivity index (χ3n) is 5.58. The second kappa shape index (κ2) is 7.74. The molecule has 0 spiro atoms. The van der Waals surface area contributed by atoms with Crippen molar-refractivity contribution < 1.29 is 4.79 Å². The summed E-state index contributed by atoms with van der Waals surface area (Å²) in [4.78, 5) is 17.3. The lowest BCUT2D eigenvalue weighted by Gasteiger charge is -2.14. The van der Waals surface area contributed by atoms with Gasteiger partial charge in [-0.25, -0.2) is 9.67 Å². The number of nitrogens with one attached hydrogen (secondary N) is 1. The fourth-order valence-electron chi connectivity index (χ4n) is 3.81. The minimum atomic E-state index is -0.134. The molecule has 1 unspecified atom stereocenters. The van der Waals surface area contributed by atoms with Crippen LogP contribution in [0.15, 0.2) is 42.7 Å². The molecule has 0 fully saturated rings. The van der Waals surface area contributed by atoms with E-state index in [9.17, 15) is 4.79 Å². The van der Waals surface area contributed by atoms with Crippen molar-refractivity contribution in [3.8, 4) is 11.1 Å². The number of amides is 1. The van der Waals surface area contributed by atoms with Crippen LogP contribution in [-0.2, 0) is 18.4 Å². The van der Waals surface area contributed by atoms with Crippen LogP contribution in [0.3, 0.4) is 0 Å². The van der Waals surface area contributed by atoms with Crippen LogP contribution < -0.4 is 5.32 Å². The summed E-state index contributed by atoms with van der Waals surface area (Å²) in [7, 11) is 1.89. The minimum absolute atomic E-state index is 0.109. The van der Waals surface area contributed by atoms with E-state index in [4.69, 9.17) is 0 Å². The average molecular weight is 403 g/mol. The summed E-state index contributed by atoms with van der Waals surface area (Å²) in [6.07, 6.45) is 3.57. The van der Waals surface area contributed by atoms with Gasteiger partial charge in [-0.3, -0.25) is 9.48 Å². The van der Waals surface area contributed by atoms with Gasteiger partial charge >= 0.3 is 0 Å². The molecular formula is C23H26N6O. The molecule has 0 radical (unpaired) electrons. The molecule has 30 heavy (non-hydrogen) atoms. The summed E-state index contributed by atoms with van der Waals surface area (Å²) in [5, 5.41) is 12.9. The van der Waals surface area contributed by atoms with Crippen LogP contribution in [-0.4, -0.2) is 30.5 Å². The zero-order valence-corrected chi connectivity index (χ0v) is 18.0. The molecule has 0 aliphatic carbocycles. The Labute approximate surface area is 175 Å². The predicted octanol–water partition coefficient (Wildman–Crippen LogP) is 3.63. The molecule has 0 aliphatic rings. The lowest BCUT2D eigenvalue weighted by atomic mass is 10.0. The van der Waals surface area contributed by atoms with E-state index in [1.807, 2.05) is 33.9 Å². The van der Waals surface area contributed by atoms with Gasteiger partial charge in [-0.1, -0.05) is 29.8 Å². The van der Waals surface area contributed by atoms with Gasteiger partial charge in [-0.15, -0.1) is 0 Å². The highest BCUT2D eigenvalue weighted by Gasteiger charge is 2.18. The van der Waals surface area contributed by atoms with Crippen molar-refractivity contribution in [3.05, 3.63) is 65.2 Å². The zero-order chi connectivity index (χ0) is 21.4. The van der Waals surface area contributed by atoms with Gasteiger partial charge in [0.1, 0.15) is 6.54 Å². The van der Waals surface area contributed by atoms with Gasteiger partial charge in [0, 0.05) is 29.9 Å². The van der Waals surface area contributed by atoms with Gasteiger partial charge in [-0.2, -0.15) is 10.2 Å². The SMILES string of the molecule is Cc1ccc(-c2ccnc3c2c(C)nn3CC(=O)NC(C)c2cnn(C)c2C)cc1. The van der Waals surface area contributed by atoms with Gasteiger partial charge in [-0.05, 0) is 44.9 Å². The van der Waals surface area contributed by atoms with Gasteiger partial charge in [0.2, 0.25) is 5.91 Å². The Morgan fingerprint density at radius 2 is 1.87 bits per heavy atom. The number of aromatic nitrogens is 5. The maximum absolute atomic E-state index is 12.7. The van der Waals surface area contributed by atoms with Crippen LogP contribution in [0.1, 0.15) is 35.5 Å². The smallest absolute Gasteiger partial charge is 0.242 e. The Bertz CT molecular complexity index is 1220. The van der Waals surface area contributed by atoms with Crippen molar-refractivity contribution >= 4 is 16.9 Å². The van der Waals surface area contributed by atoms with E-state index in [-0.39, 0.29) is 18.5 Å². The van der Waals surface area contributed by atoms with Gasteiger partial charge in [0.25, 0.3) is 0 Å². The zero-order valence-electron chi connectivity index (χ0n) is 18.0. The summed E-state index contributed by atoms with van der Waals surface area (Å²) in [6, 6.07) is 10.3. The Balaban J connectivity index is 1.61. The molecule has 0 saturated carbocycles. The van der Waals surface area contributed by atoms with Gasteiger partial charge < -0.3 is 5.32 Å². The third-order valence-corrected chi connectivity index (χ3v) is 5.58. The number of carbonyl (C=O) groups excluding carboxylic acids is 1. The molecular weight excluding hydrogens is 376 g/mol. The van der Waals surface area contributed by atoms with Crippen LogP contribution in [0.4, 0.5) is 0 Å². The first-order valence-electron chi connectivity index (χ1n) is 10.0. The van der Waals surface area contributed by atoms with Crippen LogP contribution in [0.25, 0.3) is 22.2 Å². The number of nitrogens with zero attached hydrogens (tertiary/aromatic N) is 5. The summed E-state index contributed by atoms with van der Waals surface area (Å²) in [5.41, 5.74) is 7.01. The summed E-state index contributed by atoms with van der Waals surface area (Å²) < 4.78 is 3.49. The van der Waals surface area contributed by atoms with E-state index in [1.165, 1.54) is 5.56 Å². The maximum atomic E-state index is 12.7. The van der Waals surface area contributed by atoms with Crippen LogP contribution in [0.5, 0.6) is 0 Å². The number of pyridine rings is 1. The largest absolute Gasteiger partial charge is 0.348 e. The first-order chi connectivity index (χ1) is 14.3. The third kappa shape index (κ3) is 3.58. The van der Waals surface area contributed by atoms with Crippen molar-refractivity contribution in [1.29, 1.82) is 0 Å². The summed E-state index contributed by atoms with van der Waals surface area (Å²) in [5.74, 6) is -0.113. The highest BCUT2D eigenvalue weighted by Crippen LogP contribution is 2.30. The van der Waals surface area contributed by atoms with Crippen LogP contribution >= 0.6 is 0 Å². The number of fused-ring (bicyclic) bond motifs is 1. The Hall–Kier alpha value is -3.48. The molecule has 1 N–H and O–H groups in total. The topological polar surface area (TPSA) is 77.6 Å². The van der Waals surface area contributed by atoms with Crippen molar-refractivity contribution in [1.82, 2.24) is 29.9 Å². The van der Waals surface area contributed by atoms with Gasteiger partial charge in [0.15, 0.2) is 5.65 Å². The van der Waals surface area contributed by atoms with Crippen molar-refractivity contribution in [2.45, 2.75) is 40.3 Å². The molecule has 7 nitrogen and oxygen atoms in total. The fourth-order valence-corrected chi connectivity index (χ4v) is 3.81. The fraction of sp³-hybridized carbons (Fsp3) is 0.304. The first kappa shape index (κ1) is 19.8. The molecule has 7 heteroatoms. The molecule has 1 amide bonds. The van der Waals surface area contributed by atoms with E-state index in [0.29, 0.717) is 5.65 Å². The van der Waals surface area contributed by atoms with E-state index in [1.54, 1.807) is 21.8 Å². The van der Waals surface area contributed by atoms with Crippen LogP contribution in [0.2, 0.25) is 0 Å². The van der Waals surface area contributed by atoms with Gasteiger partial charge in [0.05, 0.1) is 17.9 Å². The van der Waals surface area contributed by atoms with E-state index < -0.39 is 0 Å². The molecule has 3 aromatic heterocycles. The minimum Gasteiger partial charge on any atom is -0.348 e. The number of carbonyl (C=O) groups is 1. The number of rotatable bonds is 5. The summed E-state index contributed by atoms with van der Waals surface area (Å²) >= 11 is 0. The van der Waals surface area contributed by atoms with Crippen molar-refractivity contribution in [2.24, 2.45) is 7.05 Å². The van der Waals surface area contributed by atoms with Crippen molar-refractivity contribution in [3.63, 3.8) is 0 Å². The molecule has 4 aromatic rings. The lowest BCUT2D eigenvalue weighted by Crippen LogP contribution is -2.30. The van der Waals surface area contributed by atoms with E-state index in [0.717, 1.165) is 33.5 Å². The maximum Gasteiger partial charge on any atom is 0.242 e. The molecule has 0 bridgehead atoms. The first-order valence-corrected chi connectivity index (χ1v) is 10.0. The number of benzene rings is 1. The number of aryl methyl sites for hydroxylation is 3. The Morgan fingerprint density at radius 3 is 2.53 bits per heavy atom. The molecule has 1 aromatic carbocycles. The molecule has 0 aliphatic heterocycles. The lowest BCUT2D eigenvalue weighted by molar-refractivity contribution is -0.122.